The molecule has 0 saturated heterocycles. The van der Waals surface area contributed by atoms with Crippen LogP contribution < -0.4 is 5.32 Å². The second-order valence-corrected chi connectivity index (χ2v) is 10.1. The van der Waals surface area contributed by atoms with Gasteiger partial charge in [0.15, 0.2) is 0 Å². The molecule has 0 atom stereocenters. The number of aryl methyl sites for hydroxylation is 2. The number of terminal acetylenes is 1. The number of unbranched alkanes of at least 4 members (excludes halogenated alkanes) is 1. The first-order valence-electron chi connectivity index (χ1n) is 14.6. The van der Waals surface area contributed by atoms with Crippen LogP contribution in [0.2, 0.25) is 0 Å². The van der Waals surface area contributed by atoms with Crippen molar-refractivity contribution < 1.29 is 0 Å². The number of hydrogen-bond acceptors (Lipinski definition) is 2. The highest BCUT2D eigenvalue weighted by Crippen LogP contribution is 2.25. The summed E-state index contributed by atoms with van der Waals surface area (Å²) in [6, 6.07) is 22.9. The third-order valence-electron chi connectivity index (χ3n) is 5.62. The summed E-state index contributed by atoms with van der Waals surface area (Å²) in [6.07, 6.45) is 10.6. The third kappa shape index (κ3) is 15.8. The molecule has 2 heteroatoms. The van der Waals surface area contributed by atoms with Gasteiger partial charge in [-0.1, -0.05) is 88.9 Å². The van der Waals surface area contributed by atoms with E-state index in [1.165, 1.54) is 55.5 Å². The Hall–Kier alpha value is -3.54. The molecule has 3 aromatic rings. The average molecular weight is 539 g/mol. The lowest BCUT2D eigenvalue weighted by molar-refractivity contribution is 0.292. The van der Waals surface area contributed by atoms with Gasteiger partial charge in [-0.3, -0.25) is 4.90 Å². The van der Waals surface area contributed by atoms with E-state index in [2.05, 4.69) is 133 Å². The molecule has 40 heavy (non-hydrogen) atoms. The van der Waals surface area contributed by atoms with E-state index < -0.39 is 0 Å². The Balaban J connectivity index is 0.000000758. The molecule has 0 aliphatic rings. The van der Waals surface area contributed by atoms with E-state index in [1.54, 1.807) is 0 Å². The fourth-order valence-corrected chi connectivity index (χ4v) is 4.10. The van der Waals surface area contributed by atoms with Gasteiger partial charge < -0.3 is 5.32 Å². The molecule has 2 nitrogen and oxygen atoms in total. The van der Waals surface area contributed by atoms with Crippen molar-refractivity contribution in [1.82, 2.24) is 4.90 Å². The minimum Gasteiger partial charge on any atom is -0.356 e. The summed E-state index contributed by atoms with van der Waals surface area (Å²) in [5.41, 5.74) is 9.19. The van der Waals surface area contributed by atoms with Crippen LogP contribution in [-0.4, -0.2) is 24.5 Å². The normalized spacial score (nSPS) is 9.57. The van der Waals surface area contributed by atoms with Crippen LogP contribution in [0.4, 0.5) is 11.4 Å². The number of anilines is 2. The number of nitrogens with one attached hydrogen (secondary N) is 1. The maximum Gasteiger partial charge on any atom is 0.0389 e. The molecule has 0 heterocycles. The van der Waals surface area contributed by atoms with Gasteiger partial charge in [-0.15, -0.1) is 19.6 Å². The van der Waals surface area contributed by atoms with Gasteiger partial charge >= 0.3 is 0 Å². The molecule has 3 rings (SSSR count). The Bertz CT molecular complexity index is 1110. The minimum absolute atomic E-state index is 0.903. The Morgan fingerprint density at radius 1 is 0.800 bits per heavy atom. The van der Waals surface area contributed by atoms with Crippen LogP contribution in [0.15, 0.2) is 92.0 Å². The molecule has 0 saturated carbocycles. The first-order valence-corrected chi connectivity index (χ1v) is 14.6. The van der Waals surface area contributed by atoms with E-state index in [1.807, 2.05) is 18.2 Å². The molecule has 0 spiro atoms. The highest BCUT2D eigenvalue weighted by molar-refractivity contribution is 5.69. The smallest absolute Gasteiger partial charge is 0.0389 e. The summed E-state index contributed by atoms with van der Waals surface area (Å²) in [6.45, 7) is 28.5. The van der Waals surface area contributed by atoms with E-state index in [9.17, 15) is 0 Å². The maximum atomic E-state index is 5.47. The topological polar surface area (TPSA) is 15.3 Å². The van der Waals surface area contributed by atoms with Gasteiger partial charge in [0.2, 0.25) is 0 Å². The second kappa shape index (κ2) is 22.3. The van der Waals surface area contributed by atoms with Crippen LogP contribution in [-0.2, 0) is 0 Å². The van der Waals surface area contributed by atoms with Crippen LogP contribution in [0.25, 0.3) is 11.1 Å². The molecule has 0 aliphatic heterocycles. The van der Waals surface area contributed by atoms with Crippen molar-refractivity contribution in [2.75, 3.05) is 25.0 Å². The van der Waals surface area contributed by atoms with Gasteiger partial charge in [-0.2, -0.15) is 0 Å². The predicted octanol–water partition coefficient (Wildman–Crippen LogP) is 11.0. The summed E-state index contributed by atoms with van der Waals surface area (Å²) in [5.74, 6) is 2.68. The van der Waals surface area contributed by atoms with Crippen LogP contribution >= 0.6 is 0 Å². The molecular weight excluding hydrogens is 484 g/mol. The molecule has 0 bridgehead atoms. The lowest BCUT2D eigenvalue weighted by Gasteiger charge is -2.21. The van der Waals surface area contributed by atoms with Gasteiger partial charge in [-0.25, -0.2) is 0 Å². The molecule has 0 aromatic heterocycles. The number of hydrogen-bond donors (Lipinski definition) is 1. The second-order valence-electron chi connectivity index (χ2n) is 10.1. The molecule has 0 amide bonds. The van der Waals surface area contributed by atoms with Crippen LogP contribution in [0, 0.1) is 26.2 Å². The van der Waals surface area contributed by atoms with E-state index in [0.29, 0.717) is 0 Å². The lowest BCUT2D eigenvalue weighted by atomic mass is 10.0. The van der Waals surface area contributed by atoms with Gasteiger partial charge in [-0.05, 0) is 105 Å². The highest BCUT2D eigenvalue weighted by atomic mass is 15.1. The summed E-state index contributed by atoms with van der Waals surface area (Å²) < 4.78 is 0. The van der Waals surface area contributed by atoms with Crippen molar-refractivity contribution in [2.45, 2.75) is 74.1 Å². The van der Waals surface area contributed by atoms with Crippen LogP contribution in [0.3, 0.4) is 0 Å². The Labute approximate surface area is 247 Å². The number of nitrogens with zero attached hydrogens (tertiary/aromatic N) is 1. The zero-order valence-electron chi connectivity index (χ0n) is 26.4. The third-order valence-corrected chi connectivity index (χ3v) is 5.62. The lowest BCUT2D eigenvalue weighted by Crippen LogP contribution is -2.27. The first-order chi connectivity index (χ1) is 19.3. The number of benzene rings is 3. The van der Waals surface area contributed by atoms with Gasteiger partial charge in [0, 0.05) is 23.5 Å². The maximum absolute atomic E-state index is 5.47. The molecule has 1 N–H and O–H groups in total. The summed E-state index contributed by atoms with van der Waals surface area (Å²) in [4.78, 5) is 2.49. The summed E-state index contributed by atoms with van der Waals surface area (Å²) in [7, 11) is 0. The molecule has 0 unspecified atom stereocenters. The molecule has 216 valence electrons. The van der Waals surface area contributed by atoms with Gasteiger partial charge in [0.1, 0.15) is 0 Å². The van der Waals surface area contributed by atoms with E-state index in [4.69, 9.17) is 6.42 Å². The van der Waals surface area contributed by atoms with E-state index in [-0.39, 0.29) is 0 Å². The largest absolute Gasteiger partial charge is 0.356 e. The fourth-order valence-electron chi connectivity index (χ4n) is 4.10. The zero-order chi connectivity index (χ0) is 30.3. The number of rotatable bonds is 10. The Kier molecular flexibility index (Phi) is 20.3. The molecule has 3 aromatic carbocycles. The van der Waals surface area contributed by atoms with Crippen LogP contribution in [0.1, 0.15) is 77.0 Å². The van der Waals surface area contributed by atoms with Gasteiger partial charge in [0.25, 0.3) is 0 Å². The quantitative estimate of drug-likeness (QED) is 0.204. The minimum atomic E-state index is 0.903. The van der Waals surface area contributed by atoms with E-state index >= 15 is 0 Å². The molecule has 0 fully saturated rings. The standard InChI is InChI=1S/C22H19N.C11H23N.C3H8.C2H4/c1-4-18-6-5-7-20(15-18)19-8-10-21(11-9-19)23-22-13-16(2)12-17(3)14-22;1-5-7-9-12(8-6-2)10-11(3)4;1-3-2;1-2/h1,5-15,23H,2-3H3;3,5-10H2,1-2,4H3;3H2,1-2H3;1-2H2. The van der Waals surface area contributed by atoms with Crippen molar-refractivity contribution in [2.24, 2.45) is 0 Å². The van der Waals surface area contributed by atoms with Crippen molar-refractivity contribution in [3.05, 3.63) is 109 Å². The molecule has 0 aliphatic carbocycles. The summed E-state index contributed by atoms with van der Waals surface area (Å²) in [5, 5.41) is 3.45. The van der Waals surface area contributed by atoms with E-state index in [0.717, 1.165) is 34.6 Å². The summed E-state index contributed by atoms with van der Waals surface area (Å²) >= 11 is 0. The van der Waals surface area contributed by atoms with Crippen molar-refractivity contribution in [3.63, 3.8) is 0 Å². The van der Waals surface area contributed by atoms with Crippen molar-refractivity contribution >= 4 is 11.4 Å². The van der Waals surface area contributed by atoms with Gasteiger partial charge in [0.05, 0.1) is 0 Å². The van der Waals surface area contributed by atoms with Crippen LogP contribution in [0.5, 0.6) is 0 Å². The van der Waals surface area contributed by atoms with Crippen molar-refractivity contribution in [3.8, 4) is 23.5 Å². The molecular formula is C38H54N2. The monoisotopic (exact) mass is 538 g/mol. The zero-order valence-corrected chi connectivity index (χ0v) is 26.4. The van der Waals surface area contributed by atoms with Crippen molar-refractivity contribution in [1.29, 1.82) is 0 Å². The molecule has 0 radical (unpaired) electrons. The Morgan fingerprint density at radius 2 is 1.40 bits per heavy atom. The Morgan fingerprint density at radius 3 is 1.90 bits per heavy atom. The average Bonchev–Trinajstić information content (AvgIpc) is 2.93. The SMILES string of the molecule is C#Cc1cccc(-c2ccc(Nc3cc(C)cc(C)c3)cc2)c1.C=C.C=C(C)CN(CCC)CCCC.CCC. The predicted molar refractivity (Wildman–Crippen MR) is 183 cm³/mol. The fraction of sp³-hybridized carbons (Fsp3) is 0.368. The first kappa shape index (κ1) is 36.5. The highest BCUT2D eigenvalue weighted by Gasteiger charge is 2.02.